The maximum absolute atomic E-state index is 6.03. The van der Waals surface area contributed by atoms with Crippen LogP contribution in [-0.2, 0) is 0 Å². The van der Waals surface area contributed by atoms with Crippen LogP contribution in [0, 0.1) is 6.92 Å². The van der Waals surface area contributed by atoms with Crippen LogP contribution < -0.4 is 10.5 Å². The van der Waals surface area contributed by atoms with E-state index in [0.717, 1.165) is 20.9 Å². The normalized spacial score (nSPS) is 10.8. The Bertz CT molecular complexity index is 836. The van der Waals surface area contributed by atoms with Crippen LogP contribution in [0.5, 0.6) is 11.5 Å². The monoisotopic (exact) mass is 362 g/mol. The van der Waals surface area contributed by atoms with Crippen molar-refractivity contribution in [3.63, 3.8) is 0 Å². The average molecular weight is 364 g/mol. The lowest BCUT2D eigenvalue weighted by atomic mass is 10.1. The second kappa shape index (κ2) is 5.54. The number of pyridine rings is 1. The van der Waals surface area contributed by atoms with E-state index in [-0.39, 0.29) is 0 Å². The molecule has 21 heavy (non-hydrogen) atoms. The van der Waals surface area contributed by atoms with Crippen LogP contribution in [0.3, 0.4) is 0 Å². The molecule has 2 aromatic carbocycles. The van der Waals surface area contributed by atoms with Gasteiger partial charge in [-0.05, 0) is 58.7 Å². The zero-order valence-corrected chi connectivity index (χ0v) is 13.6. The largest absolute Gasteiger partial charge is 0.455 e. The van der Waals surface area contributed by atoms with Crippen molar-refractivity contribution >= 4 is 44.1 Å². The number of aromatic nitrogens is 1. The maximum Gasteiger partial charge on any atom is 0.153 e. The van der Waals surface area contributed by atoms with Gasteiger partial charge in [0.1, 0.15) is 11.3 Å². The van der Waals surface area contributed by atoms with E-state index < -0.39 is 0 Å². The third-order valence-corrected chi connectivity index (χ3v) is 3.85. The van der Waals surface area contributed by atoms with Crippen molar-refractivity contribution in [3.05, 3.63) is 57.7 Å². The van der Waals surface area contributed by atoms with Gasteiger partial charge in [0.25, 0.3) is 0 Å². The number of anilines is 1. The molecular weight excluding hydrogens is 352 g/mol. The number of ether oxygens (including phenoxy) is 1. The van der Waals surface area contributed by atoms with Crippen LogP contribution in [-0.4, -0.2) is 4.98 Å². The Labute approximate surface area is 135 Å². The summed E-state index contributed by atoms with van der Waals surface area (Å²) >= 11 is 9.43. The van der Waals surface area contributed by atoms with Crippen molar-refractivity contribution in [1.82, 2.24) is 4.98 Å². The van der Waals surface area contributed by atoms with E-state index in [2.05, 4.69) is 20.9 Å². The Morgan fingerprint density at radius 2 is 1.95 bits per heavy atom. The molecule has 0 saturated heterocycles. The molecule has 0 radical (unpaired) electrons. The Morgan fingerprint density at radius 3 is 2.76 bits per heavy atom. The molecule has 0 fully saturated rings. The highest BCUT2D eigenvalue weighted by Gasteiger charge is 2.10. The predicted octanol–water partition coefficient (Wildman–Crippen LogP) is 5.33. The topological polar surface area (TPSA) is 48.1 Å². The van der Waals surface area contributed by atoms with E-state index >= 15 is 0 Å². The van der Waals surface area contributed by atoms with E-state index in [1.54, 1.807) is 12.3 Å². The third kappa shape index (κ3) is 2.82. The van der Waals surface area contributed by atoms with Gasteiger partial charge >= 0.3 is 0 Å². The molecule has 0 aliphatic heterocycles. The SMILES string of the molecule is Cc1ccc(Cl)cc1Oc1ccc(N)c2cc(Br)cnc12. The summed E-state index contributed by atoms with van der Waals surface area (Å²) < 4.78 is 6.85. The number of hydrogen-bond donors (Lipinski definition) is 1. The average Bonchev–Trinajstić information content (AvgIpc) is 2.46. The van der Waals surface area contributed by atoms with Gasteiger partial charge in [0.15, 0.2) is 5.75 Å². The van der Waals surface area contributed by atoms with Gasteiger partial charge in [-0.15, -0.1) is 0 Å². The second-order valence-corrected chi connectivity index (χ2v) is 6.07. The number of fused-ring (bicyclic) bond motifs is 1. The summed E-state index contributed by atoms with van der Waals surface area (Å²) in [5.41, 5.74) is 8.39. The van der Waals surface area contributed by atoms with E-state index in [9.17, 15) is 0 Å². The Kier molecular flexibility index (Phi) is 3.74. The summed E-state index contributed by atoms with van der Waals surface area (Å²) in [7, 11) is 0. The number of rotatable bonds is 2. The summed E-state index contributed by atoms with van der Waals surface area (Å²) in [5.74, 6) is 1.36. The fourth-order valence-electron chi connectivity index (χ4n) is 2.07. The number of halogens is 2. The van der Waals surface area contributed by atoms with Crippen LogP contribution >= 0.6 is 27.5 Å². The molecule has 0 aliphatic rings. The lowest BCUT2D eigenvalue weighted by Crippen LogP contribution is -1.94. The lowest BCUT2D eigenvalue weighted by molar-refractivity contribution is 0.483. The molecule has 0 amide bonds. The number of nitrogens with zero attached hydrogens (tertiary/aromatic N) is 1. The summed E-state index contributed by atoms with van der Waals surface area (Å²) in [5, 5.41) is 1.48. The summed E-state index contributed by atoms with van der Waals surface area (Å²) in [6.07, 6.45) is 1.72. The number of hydrogen-bond acceptors (Lipinski definition) is 3. The molecule has 0 aliphatic carbocycles. The summed E-state index contributed by atoms with van der Waals surface area (Å²) in [4.78, 5) is 4.40. The molecule has 1 heterocycles. The summed E-state index contributed by atoms with van der Waals surface area (Å²) in [6.45, 7) is 1.97. The zero-order chi connectivity index (χ0) is 15.0. The highest BCUT2D eigenvalue weighted by Crippen LogP contribution is 2.35. The molecule has 5 heteroatoms. The standard InChI is InChI=1S/C16H12BrClN2O/c1-9-2-3-11(18)7-15(9)21-14-5-4-13(19)12-6-10(17)8-20-16(12)14/h2-8H,19H2,1H3. The van der Waals surface area contributed by atoms with E-state index in [4.69, 9.17) is 22.1 Å². The minimum Gasteiger partial charge on any atom is -0.455 e. The van der Waals surface area contributed by atoms with Gasteiger partial charge in [-0.2, -0.15) is 0 Å². The van der Waals surface area contributed by atoms with E-state index in [1.807, 2.05) is 37.3 Å². The fourth-order valence-corrected chi connectivity index (χ4v) is 2.57. The van der Waals surface area contributed by atoms with Gasteiger partial charge < -0.3 is 10.5 Å². The van der Waals surface area contributed by atoms with Crippen molar-refractivity contribution in [3.8, 4) is 11.5 Å². The quantitative estimate of drug-likeness (QED) is 0.626. The Balaban J connectivity index is 2.13. The van der Waals surface area contributed by atoms with Crippen LogP contribution in [0.4, 0.5) is 5.69 Å². The number of nitrogen functional groups attached to an aromatic ring is 1. The van der Waals surface area contributed by atoms with Crippen molar-refractivity contribution in [2.45, 2.75) is 6.92 Å². The third-order valence-electron chi connectivity index (χ3n) is 3.18. The zero-order valence-electron chi connectivity index (χ0n) is 11.2. The predicted molar refractivity (Wildman–Crippen MR) is 90.1 cm³/mol. The van der Waals surface area contributed by atoms with Crippen molar-refractivity contribution in [1.29, 1.82) is 0 Å². The molecule has 3 nitrogen and oxygen atoms in total. The molecule has 3 aromatic rings. The van der Waals surface area contributed by atoms with Gasteiger partial charge in [-0.1, -0.05) is 17.7 Å². The number of nitrogens with two attached hydrogens (primary N) is 1. The molecule has 0 unspecified atom stereocenters. The molecule has 1 aromatic heterocycles. The minimum atomic E-state index is 0.631. The molecule has 3 rings (SSSR count). The minimum absolute atomic E-state index is 0.631. The fraction of sp³-hybridized carbons (Fsp3) is 0.0625. The Hall–Kier alpha value is -1.78. The van der Waals surface area contributed by atoms with Crippen molar-refractivity contribution < 1.29 is 4.74 Å². The number of benzene rings is 2. The van der Waals surface area contributed by atoms with E-state index in [1.165, 1.54) is 0 Å². The first-order valence-corrected chi connectivity index (χ1v) is 7.49. The first kappa shape index (κ1) is 14.2. The highest BCUT2D eigenvalue weighted by molar-refractivity contribution is 9.10. The summed E-state index contributed by atoms with van der Waals surface area (Å²) in [6, 6.07) is 11.1. The van der Waals surface area contributed by atoms with Gasteiger partial charge in [0.2, 0.25) is 0 Å². The second-order valence-electron chi connectivity index (χ2n) is 4.71. The van der Waals surface area contributed by atoms with Crippen LogP contribution in [0.15, 0.2) is 47.1 Å². The molecule has 2 N–H and O–H groups in total. The molecule has 0 spiro atoms. The molecule has 106 valence electrons. The van der Waals surface area contributed by atoms with Crippen molar-refractivity contribution in [2.75, 3.05) is 5.73 Å². The molecular formula is C16H12BrClN2O. The van der Waals surface area contributed by atoms with Gasteiger partial charge in [0.05, 0.1) is 0 Å². The molecule has 0 saturated carbocycles. The molecule has 0 atom stereocenters. The molecule has 0 bridgehead atoms. The number of aryl methyl sites for hydroxylation is 1. The van der Waals surface area contributed by atoms with Crippen LogP contribution in [0.25, 0.3) is 10.9 Å². The lowest BCUT2D eigenvalue weighted by Gasteiger charge is -2.12. The van der Waals surface area contributed by atoms with Gasteiger partial charge in [-0.3, -0.25) is 4.98 Å². The smallest absolute Gasteiger partial charge is 0.153 e. The van der Waals surface area contributed by atoms with E-state index in [0.29, 0.717) is 22.2 Å². The van der Waals surface area contributed by atoms with Crippen LogP contribution in [0.1, 0.15) is 5.56 Å². The maximum atomic E-state index is 6.03. The first-order valence-electron chi connectivity index (χ1n) is 6.32. The van der Waals surface area contributed by atoms with Crippen molar-refractivity contribution in [2.24, 2.45) is 0 Å². The first-order chi connectivity index (χ1) is 10.0. The Morgan fingerprint density at radius 1 is 1.14 bits per heavy atom. The van der Waals surface area contributed by atoms with Gasteiger partial charge in [-0.25, -0.2) is 0 Å². The van der Waals surface area contributed by atoms with Crippen LogP contribution in [0.2, 0.25) is 5.02 Å². The highest BCUT2D eigenvalue weighted by atomic mass is 79.9. The van der Waals surface area contributed by atoms with Gasteiger partial charge in [0, 0.05) is 26.8 Å².